The minimum absolute atomic E-state index is 0.165. The molecule has 0 spiro atoms. The molecule has 0 aliphatic heterocycles. The number of hydrogen-bond acceptors (Lipinski definition) is 4. The number of rotatable bonds is 5. The Hall–Kier alpha value is -0.160. The molecule has 0 saturated carbocycles. The van der Waals surface area contributed by atoms with Crippen LogP contribution >= 0.6 is 0 Å². The molecule has 0 aromatic carbocycles. The summed E-state index contributed by atoms with van der Waals surface area (Å²) in [5.74, 6) is 0. The molecule has 0 aromatic rings. The van der Waals surface area contributed by atoms with Crippen molar-refractivity contribution in [3.63, 3.8) is 0 Å². The molecular formula is C8H20O4. The molecule has 0 bridgehead atoms. The minimum Gasteiger partial charge on any atom is -0.397 e. The standard InChI is InChI=1S/C6H14O3.C2H6O/c7-4-2-1-3-6(9)5-8;1-2-3/h6-9H,1-5H2;3H,2H2,1H3. The van der Waals surface area contributed by atoms with E-state index in [1.165, 1.54) is 0 Å². The summed E-state index contributed by atoms with van der Waals surface area (Å²) in [6.45, 7) is 1.92. The van der Waals surface area contributed by atoms with Gasteiger partial charge < -0.3 is 20.4 Å². The van der Waals surface area contributed by atoms with Gasteiger partial charge in [0.1, 0.15) is 0 Å². The van der Waals surface area contributed by atoms with Gasteiger partial charge in [0.15, 0.2) is 0 Å². The summed E-state index contributed by atoms with van der Waals surface area (Å²) in [5, 5.41) is 33.0. The van der Waals surface area contributed by atoms with Gasteiger partial charge >= 0.3 is 0 Å². The highest BCUT2D eigenvalue weighted by Gasteiger charge is 1.99. The van der Waals surface area contributed by atoms with Crippen LogP contribution in [0.2, 0.25) is 0 Å². The summed E-state index contributed by atoms with van der Waals surface area (Å²) in [5.41, 5.74) is 0. The van der Waals surface area contributed by atoms with Gasteiger partial charge in [-0.05, 0) is 26.2 Å². The van der Waals surface area contributed by atoms with Crippen molar-refractivity contribution in [1.82, 2.24) is 0 Å². The van der Waals surface area contributed by atoms with Gasteiger partial charge in [0, 0.05) is 13.2 Å². The summed E-state index contributed by atoms with van der Waals surface area (Å²) >= 11 is 0. The van der Waals surface area contributed by atoms with E-state index < -0.39 is 6.10 Å². The molecule has 0 amide bonds. The van der Waals surface area contributed by atoms with Gasteiger partial charge in [-0.2, -0.15) is 0 Å². The smallest absolute Gasteiger partial charge is 0.0771 e. The second-order valence-corrected chi connectivity index (χ2v) is 2.37. The van der Waals surface area contributed by atoms with Crippen LogP contribution in [0.15, 0.2) is 0 Å². The second-order valence-electron chi connectivity index (χ2n) is 2.37. The van der Waals surface area contributed by atoms with Crippen LogP contribution < -0.4 is 0 Å². The summed E-state index contributed by atoms with van der Waals surface area (Å²) in [6, 6.07) is 0. The zero-order valence-corrected chi connectivity index (χ0v) is 7.61. The Bertz CT molecular complexity index is 68.1. The first kappa shape index (κ1) is 14.4. The van der Waals surface area contributed by atoms with Gasteiger partial charge in [-0.25, -0.2) is 0 Å². The fraction of sp³-hybridized carbons (Fsp3) is 1.00. The lowest BCUT2D eigenvalue weighted by Crippen LogP contribution is -2.11. The van der Waals surface area contributed by atoms with E-state index in [0.29, 0.717) is 12.8 Å². The first-order valence-corrected chi connectivity index (χ1v) is 4.23. The van der Waals surface area contributed by atoms with Gasteiger partial charge in [-0.15, -0.1) is 0 Å². The molecule has 0 rings (SSSR count). The quantitative estimate of drug-likeness (QED) is 0.430. The Morgan fingerprint density at radius 3 is 1.92 bits per heavy atom. The van der Waals surface area contributed by atoms with Crippen molar-refractivity contribution in [3.8, 4) is 0 Å². The highest BCUT2D eigenvalue weighted by atomic mass is 16.3. The Kier molecular flexibility index (Phi) is 16.1. The van der Waals surface area contributed by atoms with E-state index in [9.17, 15) is 0 Å². The number of aliphatic hydroxyl groups is 4. The third-order valence-corrected chi connectivity index (χ3v) is 1.16. The maximum Gasteiger partial charge on any atom is 0.0771 e. The molecule has 12 heavy (non-hydrogen) atoms. The zero-order valence-electron chi connectivity index (χ0n) is 7.61. The summed E-state index contributed by atoms with van der Waals surface area (Å²) in [4.78, 5) is 0. The lowest BCUT2D eigenvalue weighted by Gasteiger charge is -2.03. The first-order chi connectivity index (χ1) is 5.72. The summed E-state index contributed by atoms with van der Waals surface area (Å²) < 4.78 is 0. The van der Waals surface area contributed by atoms with Crippen molar-refractivity contribution in [2.24, 2.45) is 0 Å². The Balaban J connectivity index is 0. The predicted octanol–water partition coefficient (Wildman–Crippen LogP) is -0.499. The van der Waals surface area contributed by atoms with E-state index >= 15 is 0 Å². The first-order valence-electron chi connectivity index (χ1n) is 4.23. The molecule has 0 aromatic heterocycles. The lowest BCUT2D eigenvalue weighted by atomic mass is 10.2. The van der Waals surface area contributed by atoms with Crippen LogP contribution in [0, 0.1) is 0 Å². The minimum atomic E-state index is -0.600. The Morgan fingerprint density at radius 1 is 1.08 bits per heavy atom. The van der Waals surface area contributed by atoms with Crippen LogP contribution in [0.5, 0.6) is 0 Å². The molecule has 76 valence electrons. The van der Waals surface area contributed by atoms with Crippen LogP contribution in [0.25, 0.3) is 0 Å². The molecule has 0 aliphatic rings. The average molecular weight is 180 g/mol. The molecule has 1 unspecified atom stereocenters. The lowest BCUT2D eigenvalue weighted by molar-refractivity contribution is 0.0848. The fourth-order valence-electron chi connectivity index (χ4n) is 0.583. The SMILES string of the molecule is CCO.OCCCCC(O)CO. The fourth-order valence-corrected chi connectivity index (χ4v) is 0.583. The van der Waals surface area contributed by atoms with Crippen LogP contribution in [0.1, 0.15) is 26.2 Å². The highest BCUT2D eigenvalue weighted by molar-refractivity contribution is 4.51. The van der Waals surface area contributed by atoms with Crippen LogP contribution in [0.4, 0.5) is 0 Å². The van der Waals surface area contributed by atoms with Crippen LogP contribution in [-0.2, 0) is 0 Å². The molecule has 0 saturated heterocycles. The Labute approximate surface area is 73.5 Å². The molecular weight excluding hydrogens is 160 g/mol. The van der Waals surface area contributed by atoms with Crippen LogP contribution in [0.3, 0.4) is 0 Å². The average Bonchev–Trinajstić information content (AvgIpc) is 2.06. The van der Waals surface area contributed by atoms with Gasteiger partial charge in [-0.1, -0.05) is 0 Å². The van der Waals surface area contributed by atoms with Gasteiger partial charge in [-0.3, -0.25) is 0 Å². The van der Waals surface area contributed by atoms with E-state index in [1.807, 2.05) is 0 Å². The van der Waals surface area contributed by atoms with Crippen molar-refractivity contribution < 1.29 is 20.4 Å². The van der Waals surface area contributed by atoms with E-state index in [-0.39, 0.29) is 19.8 Å². The van der Waals surface area contributed by atoms with Crippen molar-refractivity contribution >= 4 is 0 Å². The van der Waals surface area contributed by atoms with Crippen molar-refractivity contribution in [2.75, 3.05) is 19.8 Å². The van der Waals surface area contributed by atoms with Crippen molar-refractivity contribution in [2.45, 2.75) is 32.3 Å². The summed E-state index contributed by atoms with van der Waals surface area (Å²) in [7, 11) is 0. The van der Waals surface area contributed by atoms with Crippen molar-refractivity contribution in [3.05, 3.63) is 0 Å². The molecule has 0 fully saturated rings. The normalized spacial score (nSPS) is 11.8. The number of unbranched alkanes of at least 4 members (excludes halogenated alkanes) is 1. The number of hydrogen-bond donors (Lipinski definition) is 4. The third-order valence-electron chi connectivity index (χ3n) is 1.16. The highest BCUT2D eigenvalue weighted by Crippen LogP contribution is 1.98. The van der Waals surface area contributed by atoms with Crippen molar-refractivity contribution in [1.29, 1.82) is 0 Å². The third kappa shape index (κ3) is 16.4. The van der Waals surface area contributed by atoms with Gasteiger partial charge in [0.05, 0.1) is 12.7 Å². The predicted molar refractivity (Wildman–Crippen MR) is 46.8 cm³/mol. The maximum atomic E-state index is 8.75. The molecule has 1 atom stereocenters. The van der Waals surface area contributed by atoms with E-state index in [2.05, 4.69) is 0 Å². The largest absolute Gasteiger partial charge is 0.397 e. The van der Waals surface area contributed by atoms with Crippen LogP contribution in [-0.4, -0.2) is 46.4 Å². The molecule has 4 N–H and O–H groups in total. The monoisotopic (exact) mass is 180 g/mol. The zero-order chi connectivity index (χ0) is 9.82. The van der Waals surface area contributed by atoms with E-state index in [1.54, 1.807) is 6.92 Å². The van der Waals surface area contributed by atoms with E-state index in [0.717, 1.165) is 6.42 Å². The van der Waals surface area contributed by atoms with Gasteiger partial charge in [0.2, 0.25) is 0 Å². The number of aliphatic hydroxyl groups excluding tert-OH is 4. The van der Waals surface area contributed by atoms with Gasteiger partial charge in [0.25, 0.3) is 0 Å². The molecule has 0 aliphatic carbocycles. The molecule has 0 heterocycles. The molecule has 4 nitrogen and oxygen atoms in total. The second kappa shape index (κ2) is 13.4. The topological polar surface area (TPSA) is 80.9 Å². The van der Waals surface area contributed by atoms with E-state index in [4.69, 9.17) is 20.4 Å². The Morgan fingerprint density at radius 2 is 1.58 bits per heavy atom. The maximum absolute atomic E-state index is 8.75. The molecule has 0 radical (unpaired) electrons. The summed E-state index contributed by atoms with van der Waals surface area (Å²) in [6.07, 6.45) is 1.46. The molecule has 4 heteroatoms.